The van der Waals surface area contributed by atoms with Crippen LogP contribution in [0.15, 0.2) is 17.1 Å². The average molecular weight is 243 g/mol. The molecule has 0 bridgehead atoms. The van der Waals surface area contributed by atoms with Gasteiger partial charge in [-0.3, -0.25) is 4.99 Å². The Labute approximate surface area is 109 Å². The lowest BCUT2D eigenvalue weighted by atomic mass is 10.1. The lowest BCUT2D eigenvalue weighted by Crippen LogP contribution is -2.30. The Bertz CT molecular complexity index is 459. The molecule has 0 atom stereocenters. The third-order valence-corrected chi connectivity index (χ3v) is 3.94. The third kappa shape index (κ3) is 2.26. The van der Waals surface area contributed by atoms with Gasteiger partial charge in [0, 0.05) is 36.6 Å². The number of rotatable bonds is 2. The van der Waals surface area contributed by atoms with Crippen LogP contribution in [0.25, 0.3) is 0 Å². The molecule has 3 heterocycles. The maximum absolute atomic E-state index is 4.79. The topological polar surface area (TPSA) is 28.5 Å². The van der Waals surface area contributed by atoms with E-state index in [4.69, 9.17) is 4.98 Å². The first kappa shape index (κ1) is 11.7. The second kappa shape index (κ2) is 5.09. The van der Waals surface area contributed by atoms with Crippen molar-refractivity contribution in [3.05, 3.63) is 23.4 Å². The van der Waals surface area contributed by atoms with Gasteiger partial charge in [0.2, 0.25) is 0 Å². The molecule has 0 amide bonds. The maximum Gasteiger partial charge on any atom is 0.128 e. The number of pyridine rings is 1. The first-order chi connectivity index (χ1) is 8.84. The number of aryl methyl sites for hydroxylation is 1. The van der Waals surface area contributed by atoms with Crippen LogP contribution < -0.4 is 4.90 Å². The minimum absolute atomic E-state index is 0.989. The van der Waals surface area contributed by atoms with Crippen molar-refractivity contribution in [3.63, 3.8) is 0 Å². The molecule has 0 aromatic carbocycles. The normalized spacial score (nSPS) is 20.1. The Morgan fingerprint density at radius 1 is 1.06 bits per heavy atom. The summed E-state index contributed by atoms with van der Waals surface area (Å²) in [4.78, 5) is 11.8. The molecule has 1 fully saturated rings. The van der Waals surface area contributed by atoms with Crippen molar-refractivity contribution < 1.29 is 0 Å². The number of hydrogen-bond donors (Lipinski definition) is 0. The van der Waals surface area contributed by atoms with Crippen LogP contribution in [0.4, 0.5) is 5.82 Å². The number of piperidine rings is 1. The summed E-state index contributed by atoms with van der Waals surface area (Å²) < 4.78 is 0. The monoisotopic (exact) mass is 243 g/mol. The molecule has 0 unspecified atom stereocenters. The number of aliphatic imine (C=N–C) groups is 1. The molecule has 96 valence electrons. The van der Waals surface area contributed by atoms with E-state index < -0.39 is 0 Å². The summed E-state index contributed by atoms with van der Waals surface area (Å²) in [6.45, 7) is 5.42. The van der Waals surface area contributed by atoms with Gasteiger partial charge < -0.3 is 4.90 Å². The number of hydrogen-bond acceptors (Lipinski definition) is 3. The highest BCUT2D eigenvalue weighted by Crippen LogP contribution is 2.21. The van der Waals surface area contributed by atoms with Crippen LogP contribution in [0.2, 0.25) is 0 Å². The predicted molar refractivity (Wildman–Crippen MR) is 75.7 cm³/mol. The fraction of sp³-hybridized carbons (Fsp3) is 0.600. The molecular formula is C15H21N3. The Hall–Kier alpha value is -1.38. The van der Waals surface area contributed by atoms with Crippen LogP contribution in [0.5, 0.6) is 0 Å². The summed E-state index contributed by atoms with van der Waals surface area (Å²) in [5.74, 6) is 1.15. The van der Waals surface area contributed by atoms with Crippen molar-refractivity contribution in [1.82, 2.24) is 4.98 Å². The van der Waals surface area contributed by atoms with E-state index in [1.54, 1.807) is 0 Å². The third-order valence-electron chi connectivity index (χ3n) is 3.94. The van der Waals surface area contributed by atoms with E-state index in [9.17, 15) is 0 Å². The molecule has 1 saturated heterocycles. The highest BCUT2D eigenvalue weighted by Gasteiger charge is 2.16. The molecule has 0 N–H and O–H groups in total. The van der Waals surface area contributed by atoms with Crippen molar-refractivity contribution in [3.8, 4) is 0 Å². The molecule has 1 aromatic heterocycles. The largest absolute Gasteiger partial charge is 0.357 e. The molecule has 1 aromatic rings. The average Bonchev–Trinajstić information content (AvgIpc) is 2.93. The lowest BCUT2D eigenvalue weighted by Gasteiger charge is -2.28. The molecule has 2 aliphatic rings. The molecule has 0 radical (unpaired) electrons. The SMILES string of the molecule is Cc1nc(N2CCCCC2)ccc1C1=NCCC1. The fourth-order valence-electron chi connectivity index (χ4n) is 2.91. The van der Waals surface area contributed by atoms with Gasteiger partial charge in [-0.15, -0.1) is 0 Å². The van der Waals surface area contributed by atoms with Crippen molar-refractivity contribution in [2.75, 3.05) is 24.5 Å². The lowest BCUT2D eigenvalue weighted by molar-refractivity contribution is 0.573. The molecule has 0 saturated carbocycles. The minimum atomic E-state index is 0.989. The number of aromatic nitrogens is 1. The molecule has 3 rings (SSSR count). The standard InChI is InChI=1S/C15H21N3/c1-12-13(14-6-5-9-16-14)7-8-15(17-12)18-10-3-2-4-11-18/h7-8H,2-6,9-11H2,1H3. The van der Waals surface area contributed by atoms with Gasteiger partial charge in [0.1, 0.15) is 5.82 Å². The van der Waals surface area contributed by atoms with Gasteiger partial charge in [0.15, 0.2) is 0 Å². The van der Waals surface area contributed by atoms with Crippen molar-refractivity contribution in [2.45, 2.75) is 39.0 Å². The smallest absolute Gasteiger partial charge is 0.128 e. The van der Waals surface area contributed by atoms with Crippen LogP contribution in [0, 0.1) is 6.92 Å². The first-order valence-electron chi connectivity index (χ1n) is 7.11. The first-order valence-corrected chi connectivity index (χ1v) is 7.11. The van der Waals surface area contributed by atoms with E-state index in [1.807, 2.05) is 0 Å². The molecule has 3 heteroatoms. The van der Waals surface area contributed by atoms with E-state index in [-0.39, 0.29) is 0 Å². The summed E-state index contributed by atoms with van der Waals surface area (Å²) in [6, 6.07) is 4.39. The Morgan fingerprint density at radius 3 is 2.56 bits per heavy atom. The quantitative estimate of drug-likeness (QED) is 0.799. The minimum Gasteiger partial charge on any atom is -0.357 e. The predicted octanol–water partition coefficient (Wildman–Crippen LogP) is 2.96. The van der Waals surface area contributed by atoms with Gasteiger partial charge in [-0.25, -0.2) is 4.98 Å². The summed E-state index contributed by atoms with van der Waals surface area (Å²) >= 11 is 0. The van der Waals surface area contributed by atoms with Gasteiger partial charge in [0.25, 0.3) is 0 Å². The van der Waals surface area contributed by atoms with E-state index >= 15 is 0 Å². The van der Waals surface area contributed by atoms with Crippen LogP contribution in [0.1, 0.15) is 43.4 Å². The molecular weight excluding hydrogens is 222 g/mol. The second-order valence-corrected chi connectivity index (χ2v) is 5.28. The van der Waals surface area contributed by atoms with Crippen LogP contribution in [-0.4, -0.2) is 30.3 Å². The van der Waals surface area contributed by atoms with Crippen molar-refractivity contribution in [2.24, 2.45) is 4.99 Å². The molecule has 2 aliphatic heterocycles. The van der Waals surface area contributed by atoms with Gasteiger partial charge in [-0.05, 0) is 51.2 Å². The van der Waals surface area contributed by atoms with Gasteiger partial charge in [-0.2, -0.15) is 0 Å². The summed E-state index contributed by atoms with van der Waals surface area (Å²) in [6.07, 6.45) is 6.28. The summed E-state index contributed by atoms with van der Waals surface area (Å²) in [5.41, 5.74) is 3.65. The van der Waals surface area contributed by atoms with E-state index in [0.717, 1.165) is 37.6 Å². The molecule has 18 heavy (non-hydrogen) atoms. The fourth-order valence-corrected chi connectivity index (χ4v) is 2.91. The van der Waals surface area contributed by atoms with E-state index in [1.165, 1.54) is 37.0 Å². The zero-order chi connectivity index (χ0) is 12.4. The second-order valence-electron chi connectivity index (χ2n) is 5.28. The maximum atomic E-state index is 4.79. The van der Waals surface area contributed by atoms with Crippen LogP contribution >= 0.6 is 0 Å². The molecule has 0 spiro atoms. The van der Waals surface area contributed by atoms with Gasteiger partial charge in [-0.1, -0.05) is 0 Å². The molecule has 3 nitrogen and oxygen atoms in total. The van der Waals surface area contributed by atoms with E-state index in [2.05, 4.69) is 28.9 Å². The highest BCUT2D eigenvalue weighted by molar-refractivity contribution is 6.02. The summed E-state index contributed by atoms with van der Waals surface area (Å²) in [5, 5.41) is 0. The zero-order valence-corrected chi connectivity index (χ0v) is 11.2. The Balaban J connectivity index is 1.83. The van der Waals surface area contributed by atoms with Crippen molar-refractivity contribution in [1.29, 1.82) is 0 Å². The molecule has 0 aliphatic carbocycles. The zero-order valence-electron chi connectivity index (χ0n) is 11.2. The Morgan fingerprint density at radius 2 is 1.89 bits per heavy atom. The Kier molecular flexibility index (Phi) is 3.31. The van der Waals surface area contributed by atoms with Crippen LogP contribution in [0.3, 0.4) is 0 Å². The summed E-state index contributed by atoms with van der Waals surface area (Å²) in [7, 11) is 0. The number of nitrogens with zero attached hydrogens (tertiary/aromatic N) is 3. The number of anilines is 1. The van der Waals surface area contributed by atoms with Crippen molar-refractivity contribution >= 4 is 11.5 Å². The van der Waals surface area contributed by atoms with Crippen LogP contribution in [-0.2, 0) is 0 Å². The van der Waals surface area contributed by atoms with E-state index in [0.29, 0.717) is 0 Å². The highest BCUT2D eigenvalue weighted by atomic mass is 15.2. The van der Waals surface area contributed by atoms with Gasteiger partial charge in [0.05, 0.1) is 0 Å². The van der Waals surface area contributed by atoms with Gasteiger partial charge >= 0.3 is 0 Å².